The number of nitrogens with zero attached hydrogens (tertiary/aromatic N) is 1. The third kappa shape index (κ3) is 4.84. The van der Waals surface area contributed by atoms with Crippen molar-refractivity contribution in [1.29, 1.82) is 0 Å². The molecule has 2 unspecified atom stereocenters. The van der Waals surface area contributed by atoms with Crippen molar-refractivity contribution in [1.82, 2.24) is 0 Å². The van der Waals surface area contributed by atoms with Crippen LogP contribution in [0.2, 0.25) is 0 Å². The van der Waals surface area contributed by atoms with Crippen LogP contribution in [-0.4, -0.2) is 62.1 Å². The van der Waals surface area contributed by atoms with E-state index in [0.717, 1.165) is 24.0 Å². The standard InChI is InChI=1S/C21H28NO5.BrH/c1-22(2)12-11-18(16-22)27-20(24)21(26-15-7-13-23,19-10-6-14-25-19)17-8-4-3-5-9-17;/h3-6,8-10,14,18,23H,7,11-13,15-16H2,1-2H3;1H/q+1;/p-1. The summed E-state index contributed by atoms with van der Waals surface area (Å²) in [5, 5.41) is 9.17. The average molecular weight is 454 g/mol. The summed E-state index contributed by atoms with van der Waals surface area (Å²) < 4.78 is 18.5. The highest BCUT2D eigenvalue weighted by atomic mass is 79.9. The molecule has 28 heavy (non-hydrogen) atoms. The van der Waals surface area contributed by atoms with E-state index in [1.165, 1.54) is 6.26 Å². The number of aliphatic hydroxyl groups excluding tert-OH is 1. The van der Waals surface area contributed by atoms with E-state index in [1.54, 1.807) is 12.1 Å². The molecule has 2 aromatic rings. The van der Waals surface area contributed by atoms with Crippen LogP contribution in [0.15, 0.2) is 53.1 Å². The van der Waals surface area contributed by atoms with E-state index in [1.807, 2.05) is 30.3 Å². The van der Waals surface area contributed by atoms with Gasteiger partial charge in [-0.15, -0.1) is 0 Å². The van der Waals surface area contributed by atoms with Crippen LogP contribution >= 0.6 is 0 Å². The summed E-state index contributed by atoms with van der Waals surface area (Å²) in [6.45, 7) is 1.91. The number of rotatable bonds is 8. The quantitative estimate of drug-likeness (QED) is 0.325. The Hall–Kier alpha value is -1.67. The summed E-state index contributed by atoms with van der Waals surface area (Å²) in [7, 11) is 4.26. The van der Waals surface area contributed by atoms with Gasteiger partial charge in [0.15, 0.2) is 11.9 Å². The molecule has 7 heteroatoms. The minimum absolute atomic E-state index is 0. The second-order valence-electron chi connectivity index (χ2n) is 7.61. The highest BCUT2D eigenvalue weighted by molar-refractivity contribution is 5.85. The minimum Gasteiger partial charge on any atom is -1.00 e. The summed E-state index contributed by atoms with van der Waals surface area (Å²) in [6, 6.07) is 12.7. The Bertz CT molecular complexity index is 735. The van der Waals surface area contributed by atoms with Crippen molar-refractivity contribution in [3.63, 3.8) is 0 Å². The molecule has 0 aliphatic carbocycles. The number of benzene rings is 1. The van der Waals surface area contributed by atoms with Crippen molar-refractivity contribution in [2.24, 2.45) is 0 Å². The molecule has 3 rings (SSSR count). The molecular formula is C21H28BrNO5. The Labute approximate surface area is 176 Å². The smallest absolute Gasteiger partial charge is 0.351 e. The zero-order valence-corrected chi connectivity index (χ0v) is 17.9. The van der Waals surface area contributed by atoms with E-state index in [-0.39, 0.29) is 36.3 Å². The predicted octanol–water partition coefficient (Wildman–Crippen LogP) is -0.682. The van der Waals surface area contributed by atoms with Gasteiger partial charge in [0.25, 0.3) is 0 Å². The van der Waals surface area contributed by atoms with Crippen molar-refractivity contribution in [3.05, 3.63) is 60.1 Å². The summed E-state index contributed by atoms with van der Waals surface area (Å²) in [6.07, 6.45) is 2.59. The van der Waals surface area contributed by atoms with Crippen LogP contribution in [0.1, 0.15) is 24.2 Å². The molecule has 0 saturated carbocycles. The number of aliphatic hydroxyl groups is 1. The summed E-state index contributed by atoms with van der Waals surface area (Å²) in [4.78, 5) is 13.4. The van der Waals surface area contributed by atoms with Gasteiger partial charge in [-0.3, -0.25) is 0 Å². The zero-order valence-electron chi connectivity index (χ0n) is 16.3. The normalized spacial score (nSPS) is 20.2. The van der Waals surface area contributed by atoms with Gasteiger partial charge < -0.3 is 40.5 Å². The average Bonchev–Trinajstić information content (AvgIpc) is 3.29. The van der Waals surface area contributed by atoms with E-state index in [9.17, 15) is 4.79 Å². The highest BCUT2D eigenvalue weighted by Gasteiger charge is 2.49. The van der Waals surface area contributed by atoms with E-state index in [4.69, 9.17) is 19.0 Å². The number of hydrogen-bond donors (Lipinski definition) is 1. The molecule has 0 radical (unpaired) electrons. The molecule has 1 aliphatic rings. The number of carbonyl (C=O) groups is 1. The number of quaternary nitrogens is 1. The molecular weight excluding hydrogens is 426 g/mol. The second-order valence-corrected chi connectivity index (χ2v) is 7.61. The molecule has 1 aliphatic heterocycles. The van der Waals surface area contributed by atoms with Crippen molar-refractivity contribution in [2.75, 3.05) is 40.4 Å². The van der Waals surface area contributed by atoms with Gasteiger partial charge in [-0.25, -0.2) is 4.79 Å². The van der Waals surface area contributed by atoms with Gasteiger partial charge in [0.2, 0.25) is 5.60 Å². The van der Waals surface area contributed by atoms with Gasteiger partial charge in [-0.05, 0) is 18.6 Å². The fourth-order valence-electron chi connectivity index (χ4n) is 3.57. The number of likely N-dealkylation sites (tertiary alicyclic amines) is 1. The van der Waals surface area contributed by atoms with Crippen LogP contribution in [0.5, 0.6) is 0 Å². The number of ether oxygens (including phenoxy) is 2. The van der Waals surface area contributed by atoms with Crippen molar-refractivity contribution in [3.8, 4) is 0 Å². The zero-order chi connectivity index (χ0) is 19.3. The lowest BCUT2D eigenvalue weighted by Crippen LogP contribution is -3.00. The topological polar surface area (TPSA) is 68.9 Å². The van der Waals surface area contributed by atoms with E-state index in [2.05, 4.69) is 14.1 Å². The molecule has 1 aromatic heterocycles. The Morgan fingerprint density at radius 3 is 2.57 bits per heavy atom. The minimum atomic E-state index is -1.49. The number of hydrogen-bond acceptors (Lipinski definition) is 5. The molecule has 1 aromatic carbocycles. The van der Waals surface area contributed by atoms with E-state index in [0.29, 0.717) is 17.7 Å². The summed E-state index contributed by atoms with van der Waals surface area (Å²) >= 11 is 0. The molecule has 1 fully saturated rings. The number of likely N-dealkylation sites (N-methyl/N-ethyl adjacent to an activating group) is 1. The molecule has 1 saturated heterocycles. The SMILES string of the molecule is C[N+]1(C)CCC(OC(=O)C(OCCCO)(c2ccccc2)c2ccco2)C1.[Br-]. The Morgan fingerprint density at radius 1 is 1.25 bits per heavy atom. The van der Waals surface area contributed by atoms with Crippen molar-refractivity contribution in [2.45, 2.75) is 24.5 Å². The number of esters is 1. The Kier molecular flexibility index (Phi) is 7.83. The fourth-order valence-corrected chi connectivity index (χ4v) is 3.57. The molecule has 6 nitrogen and oxygen atoms in total. The first-order chi connectivity index (χ1) is 13.0. The number of halogens is 1. The first kappa shape index (κ1) is 22.6. The lowest BCUT2D eigenvalue weighted by atomic mass is 9.90. The lowest BCUT2D eigenvalue weighted by molar-refractivity contribution is -0.879. The molecule has 0 bridgehead atoms. The molecule has 1 N–H and O–H groups in total. The van der Waals surface area contributed by atoms with Crippen LogP contribution in [0.25, 0.3) is 0 Å². The van der Waals surface area contributed by atoms with Crippen molar-refractivity contribution >= 4 is 5.97 Å². The molecule has 0 amide bonds. The van der Waals surface area contributed by atoms with E-state index < -0.39 is 11.6 Å². The largest absolute Gasteiger partial charge is 1.00 e. The highest BCUT2D eigenvalue weighted by Crippen LogP contribution is 2.37. The van der Waals surface area contributed by atoms with Gasteiger partial charge in [-0.1, -0.05) is 30.3 Å². The van der Waals surface area contributed by atoms with E-state index >= 15 is 0 Å². The van der Waals surface area contributed by atoms with Gasteiger partial charge >= 0.3 is 5.97 Å². The third-order valence-corrected chi connectivity index (χ3v) is 4.98. The predicted molar refractivity (Wildman–Crippen MR) is 99.9 cm³/mol. The second kappa shape index (κ2) is 9.69. The molecule has 154 valence electrons. The van der Waals surface area contributed by atoms with Crippen LogP contribution in [-0.2, 0) is 19.9 Å². The van der Waals surface area contributed by atoms with Gasteiger partial charge in [0.05, 0.1) is 33.5 Å². The summed E-state index contributed by atoms with van der Waals surface area (Å²) in [5.74, 6) is -0.100. The lowest BCUT2D eigenvalue weighted by Gasteiger charge is -2.31. The Morgan fingerprint density at radius 2 is 2.00 bits per heavy atom. The summed E-state index contributed by atoms with van der Waals surface area (Å²) in [5.41, 5.74) is -0.839. The number of carbonyl (C=O) groups excluding carboxylic acids is 1. The van der Waals surface area contributed by atoms with Crippen molar-refractivity contribution < 1.29 is 45.3 Å². The van der Waals surface area contributed by atoms with Crippen LogP contribution in [0, 0.1) is 0 Å². The maximum Gasteiger partial charge on any atom is 0.351 e. The van der Waals surface area contributed by atoms with Gasteiger partial charge in [0, 0.05) is 18.6 Å². The van der Waals surface area contributed by atoms with Crippen LogP contribution in [0.4, 0.5) is 0 Å². The number of furan rings is 1. The molecule has 0 spiro atoms. The van der Waals surface area contributed by atoms with Gasteiger partial charge in [0.1, 0.15) is 6.54 Å². The van der Waals surface area contributed by atoms with Gasteiger partial charge in [-0.2, -0.15) is 0 Å². The monoisotopic (exact) mass is 453 g/mol. The first-order valence-electron chi connectivity index (χ1n) is 9.35. The maximum absolute atomic E-state index is 13.4. The third-order valence-electron chi connectivity index (χ3n) is 4.98. The molecule has 2 heterocycles. The van der Waals surface area contributed by atoms with Crippen LogP contribution in [0.3, 0.4) is 0 Å². The van der Waals surface area contributed by atoms with Crippen LogP contribution < -0.4 is 17.0 Å². The maximum atomic E-state index is 13.4. The first-order valence-corrected chi connectivity index (χ1v) is 9.35. The molecule has 2 atom stereocenters. The Balaban J connectivity index is 0.00000280. The fraction of sp³-hybridized carbons (Fsp3) is 0.476.